The van der Waals surface area contributed by atoms with Crippen molar-refractivity contribution in [3.63, 3.8) is 0 Å². The van der Waals surface area contributed by atoms with Gasteiger partial charge in [-0.15, -0.1) is 0 Å². The lowest BCUT2D eigenvalue weighted by atomic mass is 9.53. The average molecular weight is 282 g/mol. The summed E-state index contributed by atoms with van der Waals surface area (Å²) in [6.45, 7) is 4.01. The summed E-state index contributed by atoms with van der Waals surface area (Å²) in [6.07, 6.45) is 4.25. The van der Waals surface area contributed by atoms with Gasteiger partial charge in [-0.1, -0.05) is 32.8 Å². The molecule has 0 unspecified atom stereocenters. The minimum Gasteiger partial charge on any atom is -0.469 e. The molecule has 5 heteroatoms. The molecule has 1 aliphatic heterocycles. The summed E-state index contributed by atoms with van der Waals surface area (Å²) >= 11 is 0. The summed E-state index contributed by atoms with van der Waals surface area (Å²) in [5.74, 6) is -0.543. The van der Waals surface area contributed by atoms with Crippen LogP contribution in [-0.4, -0.2) is 12.0 Å². The quantitative estimate of drug-likeness (QED) is 0.800. The van der Waals surface area contributed by atoms with Crippen LogP contribution >= 0.6 is 0 Å². The van der Waals surface area contributed by atoms with Gasteiger partial charge in [-0.05, 0) is 18.4 Å². The van der Waals surface area contributed by atoms with E-state index >= 15 is 0 Å². The van der Waals surface area contributed by atoms with Crippen LogP contribution in [0, 0.1) is 56.2 Å². The number of nitriles is 3. The number of allylic oxidation sites excluding steroid dienone is 1. The second-order valence-corrected chi connectivity index (χ2v) is 5.67. The summed E-state index contributed by atoms with van der Waals surface area (Å²) < 4.78 is 5.57. The van der Waals surface area contributed by atoms with Gasteiger partial charge in [0.25, 0.3) is 0 Å². The summed E-state index contributed by atoms with van der Waals surface area (Å²) in [4.78, 5) is 0. The first-order valence-electron chi connectivity index (χ1n) is 7.27. The first kappa shape index (κ1) is 15.1. The van der Waals surface area contributed by atoms with E-state index in [1.807, 2.05) is 32.1 Å². The standard InChI is InChI=1S/C16H18N4O/c1-3-5-11-7-12(6-4-2)16(10-19)14(20)21-13(11)15(16,8-17)9-18/h7,12-13,20H,3-6H2,1-2H3/t12-,13-,16+/m1/s1. The van der Waals surface area contributed by atoms with Gasteiger partial charge in [0.1, 0.15) is 0 Å². The Kier molecular flexibility index (Phi) is 3.75. The minimum atomic E-state index is -1.61. The van der Waals surface area contributed by atoms with Crippen LogP contribution in [0.3, 0.4) is 0 Å². The van der Waals surface area contributed by atoms with E-state index in [4.69, 9.17) is 10.1 Å². The van der Waals surface area contributed by atoms with Crippen molar-refractivity contribution in [2.45, 2.75) is 45.6 Å². The molecule has 0 aromatic carbocycles. The molecule has 3 atom stereocenters. The zero-order valence-electron chi connectivity index (χ0n) is 12.3. The van der Waals surface area contributed by atoms with Crippen LogP contribution in [0.25, 0.3) is 0 Å². The Morgan fingerprint density at radius 1 is 1.19 bits per heavy atom. The fourth-order valence-corrected chi connectivity index (χ4v) is 3.62. The van der Waals surface area contributed by atoms with Gasteiger partial charge in [0.2, 0.25) is 11.3 Å². The molecule has 1 aliphatic carbocycles. The summed E-state index contributed by atoms with van der Waals surface area (Å²) in [5, 5.41) is 37.2. The van der Waals surface area contributed by atoms with Crippen LogP contribution in [0.15, 0.2) is 11.6 Å². The van der Waals surface area contributed by atoms with Gasteiger partial charge in [0.05, 0.1) is 18.2 Å². The smallest absolute Gasteiger partial charge is 0.211 e. The number of hydrogen-bond donors (Lipinski definition) is 1. The monoisotopic (exact) mass is 282 g/mol. The summed E-state index contributed by atoms with van der Waals surface area (Å²) in [7, 11) is 0. The van der Waals surface area contributed by atoms with Gasteiger partial charge in [-0.2, -0.15) is 15.8 Å². The van der Waals surface area contributed by atoms with Crippen LogP contribution in [0.1, 0.15) is 39.5 Å². The molecular weight excluding hydrogens is 264 g/mol. The van der Waals surface area contributed by atoms with Crippen molar-refractivity contribution in [2.75, 3.05) is 0 Å². The molecule has 0 amide bonds. The highest BCUT2D eigenvalue weighted by atomic mass is 16.5. The Morgan fingerprint density at radius 3 is 2.33 bits per heavy atom. The fraction of sp³-hybridized carbons (Fsp3) is 0.625. The van der Waals surface area contributed by atoms with E-state index in [-0.39, 0.29) is 11.8 Å². The zero-order valence-corrected chi connectivity index (χ0v) is 12.3. The fourth-order valence-electron chi connectivity index (χ4n) is 3.62. The first-order chi connectivity index (χ1) is 10.1. The summed E-state index contributed by atoms with van der Waals surface area (Å²) in [6, 6.07) is 6.19. The molecule has 0 spiro atoms. The number of fused-ring (bicyclic) bond motifs is 2. The Hall–Kier alpha value is -2.32. The van der Waals surface area contributed by atoms with Crippen molar-refractivity contribution in [3.05, 3.63) is 11.6 Å². The van der Waals surface area contributed by atoms with Crippen LogP contribution in [0.5, 0.6) is 0 Å². The molecule has 0 aromatic rings. The maximum Gasteiger partial charge on any atom is 0.211 e. The SMILES string of the molecule is CCCC1=C[C@@H](CCC)[C@@]2(C#N)C(=N)O[C@H]1C2(C#N)C#N. The second-order valence-electron chi connectivity index (χ2n) is 5.67. The molecule has 0 saturated carbocycles. The van der Waals surface area contributed by atoms with Crippen LogP contribution in [0.2, 0.25) is 0 Å². The average Bonchev–Trinajstić information content (AvgIpc) is 2.68. The molecule has 108 valence electrons. The van der Waals surface area contributed by atoms with Crippen LogP contribution < -0.4 is 0 Å². The van der Waals surface area contributed by atoms with Crippen LogP contribution in [-0.2, 0) is 4.74 Å². The van der Waals surface area contributed by atoms with Crippen molar-refractivity contribution in [1.29, 1.82) is 21.2 Å². The van der Waals surface area contributed by atoms with Gasteiger partial charge < -0.3 is 4.74 Å². The normalized spacial score (nSPS) is 32.3. The number of nitrogens with zero attached hydrogens (tertiary/aromatic N) is 3. The molecule has 1 fully saturated rings. The van der Waals surface area contributed by atoms with E-state index in [0.717, 1.165) is 18.4 Å². The van der Waals surface area contributed by atoms with Gasteiger partial charge in [0, 0.05) is 5.92 Å². The number of nitrogens with one attached hydrogen (secondary N) is 1. The third-order valence-electron chi connectivity index (χ3n) is 4.58. The first-order valence-corrected chi connectivity index (χ1v) is 7.27. The molecule has 2 bridgehead atoms. The Bertz CT molecular complexity index is 602. The maximum absolute atomic E-state index is 9.75. The molecule has 0 radical (unpaired) electrons. The zero-order chi connectivity index (χ0) is 15.7. The molecule has 0 aromatic heterocycles. The van der Waals surface area contributed by atoms with Crippen molar-refractivity contribution >= 4 is 5.90 Å². The van der Waals surface area contributed by atoms with E-state index in [1.165, 1.54) is 0 Å². The lowest BCUT2D eigenvalue weighted by Gasteiger charge is -2.39. The topological polar surface area (TPSA) is 104 Å². The van der Waals surface area contributed by atoms with Crippen molar-refractivity contribution in [2.24, 2.45) is 16.7 Å². The molecule has 21 heavy (non-hydrogen) atoms. The largest absolute Gasteiger partial charge is 0.469 e. The van der Waals surface area contributed by atoms with Gasteiger partial charge in [-0.3, -0.25) is 5.41 Å². The van der Waals surface area contributed by atoms with E-state index < -0.39 is 16.9 Å². The predicted octanol–water partition coefficient (Wildman–Crippen LogP) is 3.06. The molecule has 2 aliphatic rings. The van der Waals surface area contributed by atoms with Crippen molar-refractivity contribution in [1.82, 2.24) is 0 Å². The molecule has 5 nitrogen and oxygen atoms in total. The van der Waals surface area contributed by atoms with Crippen molar-refractivity contribution in [3.8, 4) is 18.2 Å². The lowest BCUT2D eigenvalue weighted by molar-refractivity contribution is 0.144. The molecule has 1 saturated heterocycles. The van der Waals surface area contributed by atoms with E-state index in [2.05, 4.69) is 6.07 Å². The third kappa shape index (κ3) is 1.63. The predicted molar refractivity (Wildman–Crippen MR) is 75.7 cm³/mol. The van der Waals surface area contributed by atoms with Gasteiger partial charge in [-0.25, -0.2) is 0 Å². The van der Waals surface area contributed by atoms with E-state index in [9.17, 15) is 15.8 Å². The maximum atomic E-state index is 9.75. The number of hydrogen-bond acceptors (Lipinski definition) is 5. The third-order valence-corrected chi connectivity index (χ3v) is 4.58. The van der Waals surface area contributed by atoms with Crippen LogP contribution in [0.4, 0.5) is 0 Å². The minimum absolute atomic E-state index is 0.223. The molecular formula is C16H18N4O. The highest BCUT2D eigenvalue weighted by molar-refractivity contribution is 5.90. The Balaban J connectivity index is 2.73. The molecule has 1 heterocycles. The lowest BCUT2D eigenvalue weighted by Crippen LogP contribution is -2.51. The van der Waals surface area contributed by atoms with E-state index in [1.54, 1.807) is 0 Å². The number of ether oxygens (including phenoxy) is 1. The Labute approximate surface area is 124 Å². The Morgan fingerprint density at radius 2 is 1.86 bits per heavy atom. The van der Waals surface area contributed by atoms with Gasteiger partial charge >= 0.3 is 0 Å². The number of rotatable bonds is 4. The highest BCUT2D eigenvalue weighted by Gasteiger charge is 2.73. The second kappa shape index (κ2) is 5.23. The van der Waals surface area contributed by atoms with Gasteiger partial charge in [0.15, 0.2) is 11.5 Å². The van der Waals surface area contributed by atoms with Crippen molar-refractivity contribution < 1.29 is 4.74 Å². The van der Waals surface area contributed by atoms with E-state index in [0.29, 0.717) is 12.8 Å². The highest BCUT2D eigenvalue weighted by Crippen LogP contribution is 2.60. The molecule has 2 rings (SSSR count). The molecule has 1 N–H and O–H groups in total. The summed E-state index contributed by atoms with van der Waals surface area (Å²) in [5.41, 5.74) is -2.21.